The number of amides is 3. The van der Waals surface area contributed by atoms with Crippen LogP contribution in [0.4, 0.5) is 4.79 Å². The van der Waals surface area contributed by atoms with E-state index in [1.807, 2.05) is 37.3 Å². The highest BCUT2D eigenvalue weighted by atomic mass is 16.6. The summed E-state index contributed by atoms with van der Waals surface area (Å²) in [5.41, 5.74) is 6.78. The lowest BCUT2D eigenvalue weighted by atomic mass is 9.86. The number of ketones is 2. The first-order valence-corrected chi connectivity index (χ1v) is 24.5. The van der Waals surface area contributed by atoms with Crippen molar-refractivity contribution in [3.63, 3.8) is 0 Å². The van der Waals surface area contributed by atoms with Gasteiger partial charge in [-0.2, -0.15) is 0 Å². The van der Waals surface area contributed by atoms with Crippen LogP contribution in [0.15, 0.2) is 66.9 Å². The van der Waals surface area contributed by atoms with E-state index in [2.05, 4.69) is 46.9 Å². The van der Waals surface area contributed by atoms with Crippen molar-refractivity contribution in [3.05, 3.63) is 94.8 Å². The van der Waals surface area contributed by atoms with Crippen LogP contribution in [0.5, 0.6) is 11.5 Å². The lowest BCUT2D eigenvalue weighted by Crippen LogP contribution is -2.46. The second-order valence-corrected chi connectivity index (χ2v) is 20.2. The smallest absolute Gasteiger partial charge is 0.407 e. The standard InChI is InChI=1S/C55H72N6O11/c1-13-25-70-47-21-17-37-30-41(47)40-28-35(14-20-46(40)71-26-24-56-53(67)72-55(7,8)9)29-43(52(66)68-11)60-50(64)33(2)27-45(63)48(37)61(10)51(65)38(22-23-58-69-12)31-44(62)42-32-57-49(59-34(42)3)36-15-18-39(19-16-36)54(4,5)6/h14-21,28,30,32-33,38,43,48,58H,13,22-27,29,31H2,1-12H3,(H,56,67)(H,60,64)/t33-,38-,43+,48+/m1/s1. The second kappa shape index (κ2) is 25.1. The average molecular weight is 993 g/mol. The average Bonchev–Trinajstić information content (AvgIpc) is 3.32. The molecule has 0 aliphatic carbocycles. The first kappa shape index (κ1) is 56.2. The summed E-state index contributed by atoms with van der Waals surface area (Å²) < 4.78 is 23.1. The van der Waals surface area contributed by atoms with Crippen LogP contribution in [-0.4, -0.2) is 110 Å². The second-order valence-electron chi connectivity index (χ2n) is 20.2. The van der Waals surface area contributed by atoms with E-state index in [1.54, 1.807) is 65.0 Å². The maximum absolute atomic E-state index is 15.0. The zero-order valence-corrected chi connectivity index (χ0v) is 43.9. The zero-order chi connectivity index (χ0) is 52.9. The Balaban J connectivity index is 1.57. The van der Waals surface area contributed by atoms with E-state index < -0.39 is 59.2 Å². The fourth-order valence-corrected chi connectivity index (χ4v) is 8.35. The number of alkyl carbamates (subject to hydrolysis) is 1. The summed E-state index contributed by atoms with van der Waals surface area (Å²) in [7, 11) is 4.19. The number of hydrogen-bond donors (Lipinski definition) is 3. The molecule has 3 aromatic carbocycles. The van der Waals surface area contributed by atoms with Crippen LogP contribution in [-0.2, 0) is 45.3 Å². The van der Waals surface area contributed by atoms with E-state index in [9.17, 15) is 24.0 Å². The molecule has 1 aromatic heterocycles. The largest absolute Gasteiger partial charge is 0.493 e. The maximum Gasteiger partial charge on any atom is 0.407 e. The molecule has 0 fully saturated rings. The van der Waals surface area contributed by atoms with E-state index in [1.165, 1.54) is 32.4 Å². The van der Waals surface area contributed by atoms with Crippen LogP contribution in [0, 0.1) is 18.8 Å². The molecule has 5 rings (SSSR count). The van der Waals surface area contributed by atoms with Gasteiger partial charge in [0.15, 0.2) is 17.4 Å². The van der Waals surface area contributed by atoms with Crippen molar-refractivity contribution in [2.45, 2.75) is 118 Å². The SMILES string of the molecule is CCCOc1ccc2cc1-c1cc(ccc1OCCNC(=O)OC(C)(C)C)C[C@@H](C(=O)OC)NC(=O)[C@H](C)CC(=O)[C@H]2N(C)C(=O)[C@H](CCNOC)CC(=O)c1cnc(-c2ccc(C(C)(C)C)cc2)nc1C. The predicted octanol–water partition coefficient (Wildman–Crippen LogP) is 7.85. The number of methoxy groups -OCH3 is 1. The summed E-state index contributed by atoms with van der Waals surface area (Å²) in [6.45, 7) is 17.7. The molecule has 388 valence electrons. The van der Waals surface area contributed by atoms with Crippen LogP contribution in [0.25, 0.3) is 22.5 Å². The van der Waals surface area contributed by atoms with Gasteiger partial charge in [0.1, 0.15) is 35.8 Å². The van der Waals surface area contributed by atoms with Crippen molar-refractivity contribution in [2.75, 3.05) is 47.6 Å². The number of hydroxylamine groups is 1. The first-order chi connectivity index (χ1) is 34.0. The number of carbonyl (C=O) groups excluding carboxylic acids is 6. The minimum absolute atomic E-state index is 0.0345. The molecule has 0 radical (unpaired) electrons. The van der Waals surface area contributed by atoms with Gasteiger partial charge in [-0.3, -0.25) is 19.2 Å². The molecule has 4 atom stereocenters. The summed E-state index contributed by atoms with van der Waals surface area (Å²) in [6.07, 6.45) is 1.20. The van der Waals surface area contributed by atoms with Crippen molar-refractivity contribution >= 4 is 35.4 Å². The number of ether oxygens (including phenoxy) is 4. The zero-order valence-electron chi connectivity index (χ0n) is 43.9. The summed E-state index contributed by atoms with van der Waals surface area (Å²) in [5.74, 6) is -3.18. The van der Waals surface area contributed by atoms with Crippen LogP contribution in [0.1, 0.15) is 120 Å². The number of rotatable bonds is 18. The number of aryl methyl sites for hydroxylation is 1. The van der Waals surface area contributed by atoms with Crippen LogP contribution >= 0.6 is 0 Å². The lowest BCUT2D eigenvalue weighted by molar-refractivity contribution is -0.146. The molecule has 3 N–H and O–H groups in total. The predicted molar refractivity (Wildman–Crippen MR) is 272 cm³/mol. The Labute approximate surface area is 423 Å². The molecule has 1 aliphatic heterocycles. The van der Waals surface area contributed by atoms with Gasteiger partial charge in [-0.1, -0.05) is 71.0 Å². The monoisotopic (exact) mass is 993 g/mol. The van der Waals surface area contributed by atoms with Gasteiger partial charge in [0, 0.05) is 67.6 Å². The molecular weight excluding hydrogens is 921 g/mol. The molecule has 0 saturated carbocycles. The van der Waals surface area contributed by atoms with E-state index in [0.29, 0.717) is 58.3 Å². The highest BCUT2D eigenvalue weighted by molar-refractivity contribution is 6.00. The summed E-state index contributed by atoms with van der Waals surface area (Å²) in [5, 5.41) is 5.48. The van der Waals surface area contributed by atoms with Crippen LogP contribution in [0.2, 0.25) is 0 Å². The minimum atomic E-state index is -1.27. The van der Waals surface area contributed by atoms with E-state index in [4.69, 9.17) is 23.8 Å². The van der Waals surface area contributed by atoms with Gasteiger partial charge in [0.25, 0.3) is 0 Å². The number of likely N-dealkylation sites (N-methyl/N-ethyl adjacent to an activating group) is 1. The van der Waals surface area contributed by atoms with E-state index in [-0.39, 0.29) is 62.1 Å². The van der Waals surface area contributed by atoms with E-state index >= 15 is 4.79 Å². The molecule has 4 aromatic rings. The van der Waals surface area contributed by atoms with Gasteiger partial charge in [-0.05, 0) is 86.9 Å². The molecule has 0 unspecified atom stereocenters. The third kappa shape index (κ3) is 15.2. The van der Waals surface area contributed by atoms with Crippen LogP contribution in [0.3, 0.4) is 0 Å². The van der Waals surface area contributed by atoms with Gasteiger partial charge in [0.2, 0.25) is 11.8 Å². The number of nitrogens with zero attached hydrogens (tertiary/aromatic N) is 3. The highest BCUT2D eigenvalue weighted by Gasteiger charge is 2.37. The molecular formula is C55H72N6O11. The van der Waals surface area contributed by atoms with Gasteiger partial charge >= 0.3 is 12.1 Å². The minimum Gasteiger partial charge on any atom is -0.493 e. The summed E-state index contributed by atoms with van der Waals surface area (Å²) in [6, 6.07) is 16.1. The molecule has 3 amide bonds. The Hall–Kier alpha value is -6.72. The summed E-state index contributed by atoms with van der Waals surface area (Å²) in [4.78, 5) is 99.3. The van der Waals surface area contributed by atoms with Gasteiger partial charge in [-0.25, -0.2) is 25.0 Å². The molecule has 2 heterocycles. The first-order valence-electron chi connectivity index (χ1n) is 24.5. The Morgan fingerprint density at radius 1 is 0.875 bits per heavy atom. The number of benzene rings is 3. The van der Waals surface area contributed by atoms with Crippen molar-refractivity contribution in [3.8, 4) is 34.0 Å². The molecule has 0 saturated heterocycles. The van der Waals surface area contributed by atoms with Gasteiger partial charge in [0.05, 0.1) is 38.6 Å². The molecule has 72 heavy (non-hydrogen) atoms. The number of hydrogen-bond acceptors (Lipinski definition) is 14. The number of esters is 1. The van der Waals surface area contributed by atoms with Gasteiger partial charge < -0.3 is 39.3 Å². The van der Waals surface area contributed by atoms with Crippen molar-refractivity contribution in [2.24, 2.45) is 11.8 Å². The summed E-state index contributed by atoms with van der Waals surface area (Å²) >= 11 is 0. The van der Waals surface area contributed by atoms with Gasteiger partial charge in [-0.15, -0.1) is 0 Å². The molecule has 0 spiro atoms. The van der Waals surface area contributed by atoms with Crippen molar-refractivity contribution < 1.29 is 52.6 Å². The normalized spacial score (nSPS) is 16.6. The topological polar surface area (TPSA) is 214 Å². The Morgan fingerprint density at radius 2 is 1.54 bits per heavy atom. The Morgan fingerprint density at radius 3 is 2.17 bits per heavy atom. The lowest BCUT2D eigenvalue weighted by Gasteiger charge is -2.32. The fraction of sp³-hybridized carbons (Fsp3) is 0.491. The fourth-order valence-electron chi connectivity index (χ4n) is 8.35. The van der Waals surface area contributed by atoms with Crippen molar-refractivity contribution in [1.82, 2.24) is 31.0 Å². The number of Topliss-reactive ketones (excluding diaryl/α,β-unsaturated/α-hetero) is 2. The molecule has 1 aliphatic rings. The number of fused-ring (bicyclic) bond motifs is 5. The van der Waals surface area contributed by atoms with Crippen LogP contribution < -0.4 is 25.6 Å². The molecule has 17 nitrogen and oxygen atoms in total. The molecule has 17 heteroatoms. The number of aromatic nitrogens is 2. The third-order valence-corrected chi connectivity index (χ3v) is 12.2. The Kier molecular flexibility index (Phi) is 19.6. The van der Waals surface area contributed by atoms with E-state index in [0.717, 1.165) is 11.1 Å². The maximum atomic E-state index is 15.0. The highest BCUT2D eigenvalue weighted by Crippen LogP contribution is 2.41. The Bertz CT molecular complexity index is 2570. The third-order valence-electron chi connectivity index (χ3n) is 12.2. The van der Waals surface area contributed by atoms with Crippen molar-refractivity contribution in [1.29, 1.82) is 0 Å². The quantitative estimate of drug-likeness (QED) is 0.0375. The molecule has 4 bridgehead atoms. The number of nitrogens with one attached hydrogen (secondary N) is 3. The number of carbonyl (C=O) groups is 6.